The minimum Gasteiger partial charge on any atom is -0.385 e. The summed E-state index contributed by atoms with van der Waals surface area (Å²) in [7, 11) is -3.88. The van der Waals surface area contributed by atoms with Gasteiger partial charge in [0.2, 0.25) is 14.9 Å². The first-order chi connectivity index (χ1) is 7.83. The van der Waals surface area contributed by atoms with E-state index in [9.17, 15) is 12.8 Å². The van der Waals surface area contributed by atoms with Gasteiger partial charge in [-0.3, -0.25) is 0 Å². The van der Waals surface area contributed by atoms with E-state index in [4.69, 9.17) is 4.84 Å². The molecular formula is C8H11FN4O3S. The number of rotatable bonds is 2. The van der Waals surface area contributed by atoms with Crippen molar-refractivity contribution in [2.45, 2.75) is 31.4 Å². The van der Waals surface area contributed by atoms with Crippen LogP contribution in [0.5, 0.6) is 0 Å². The number of H-pyrrole nitrogens is 1. The second-order valence-electron chi connectivity index (χ2n) is 4.21. The Balaban J connectivity index is 2.23. The van der Waals surface area contributed by atoms with E-state index in [0.29, 0.717) is 0 Å². The Morgan fingerprint density at radius 2 is 2.29 bits per heavy atom. The van der Waals surface area contributed by atoms with Crippen molar-refractivity contribution in [3.63, 3.8) is 0 Å². The predicted molar refractivity (Wildman–Crippen MR) is 56.5 cm³/mol. The van der Waals surface area contributed by atoms with Crippen LogP contribution >= 0.6 is 0 Å². The van der Waals surface area contributed by atoms with Gasteiger partial charge in [-0.25, -0.2) is 12.8 Å². The molecule has 7 nitrogen and oxygen atoms in total. The van der Waals surface area contributed by atoms with Gasteiger partial charge in [0.1, 0.15) is 5.75 Å². The third-order valence-electron chi connectivity index (χ3n) is 2.32. The molecule has 17 heavy (non-hydrogen) atoms. The van der Waals surface area contributed by atoms with Gasteiger partial charge in [0.15, 0.2) is 11.8 Å². The quantitative estimate of drug-likeness (QED) is 0.820. The molecule has 0 bridgehead atoms. The van der Waals surface area contributed by atoms with Gasteiger partial charge in [-0.15, -0.1) is 0 Å². The van der Waals surface area contributed by atoms with Crippen molar-refractivity contribution in [3.8, 4) is 0 Å². The van der Waals surface area contributed by atoms with Crippen LogP contribution in [0.1, 0.15) is 19.5 Å². The number of sulfone groups is 1. The number of hydrogen-bond acceptors (Lipinski definition) is 6. The van der Waals surface area contributed by atoms with E-state index in [2.05, 4.69) is 20.6 Å². The molecule has 1 aliphatic rings. The molecule has 2 heterocycles. The average Bonchev–Trinajstić information content (AvgIpc) is 2.76. The number of oxime groups is 1. The Kier molecular flexibility index (Phi) is 2.64. The zero-order chi connectivity index (χ0) is 12.7. The molecule has 0 aromatic carbocycles. The topological polar surface area (TPSA) is 97.3 Å². The molecule has 1 aromatic heterocycles. The Labute approximate surface area is 97.0 Å². The first-order valence-electron chi connectivity index (χ1n) is 4.80. The Hall–Kier alpha value is -1.51. The largest absolute Gasteiger partial charge is 0.385 e. The maximum absolute atomic E-state index is 13.8. The molecule has 1 unspecified atom stereocenters. The van der Waals surface area contributed by atoms with Crippen LogP contribution in [0.4, 0.5) is 4.39 Å². The van der Waals surface area contributed by atoms with E-state index >= 15 is 0 Å². The Morgan fingerprint density at radius 3 is 2.76 bits per heavy atom. The average molecular weight is 262 g/mol. The Bertz CT molecular complexity index is 537. The minimum atomic E-state index is -3.88. The van der Waals surface area contributed by atoms with Gasteiger partial charge in [0.25, 0.3) is 0 Å². The van der Waals surface area contributed by atoms with Crippen molar-refractivity contribution in [2.75, 3.05) is 0 Å². The van der Waals surface area contributed by atoms with Crippen LogP contribution in [-0.2, 0) is 20.4 Å². The van der Waals surface area contributed by atoms with Gasteiger partial charge >= 0.3 is 0 Å². The van der Waals surface area contributed by atoms with Crippen LogP contribution in [0.3, 0.4) is 0 Å². The van der Waals surface area contributed by atoms with Crippen molar-refractivity contribution < 1.29 is 17.6 Å². The fourth-order valence-corrected chi connectivity index (χ4v) is 2.76. The van der Waals surface area contributed by atoms with Crippen LogP contribution in [0, 0.1) is 0 Å². The van der Waals surface area contributed by atoms with E-state index in [-0.39, 0.29) is 5.69 Å². The molecule has 0 radical (unpaired) electrons. The SMILES string of the molecule is CC1(C)ON=C(S(=O)(=O)Cc2cn[nH]n2)C1F. The summed E-state index contributed by atoms with van der Waals surface area (Å²) in [5.41, 5.74) is -1.06. The highest BCUT2D eigenvalue weighted by atomic mass is 32.2. The number of hydrogen-bond donors (Lipinski definition) is 1. The van der Waals surface area contributed by atoms with Crippen LogP contribution in [0.15, 0.2) is 11.4 Å². The fraction of sp³-hybridized carbons (Fsp3) is 0.625. The molecule has 1 aromatic rings. The molecule has 0 saturated carbocycles. The third kappa shape index (κ3) is 2.14. The zero-order valence-electron chi connectivity index (χ0n) is 9.21. The lowest BCUT2D eigenvalue weighted by molar-refractivity contribution is -0.0232. The van der Waals surface area contributed by atoms with Crippen molar-refractivity contribution in [3.05, 3.63) is 11.9 Å². The van der Waals surface area contributed by atoms with Crippen molar-refractivity contribution in [1.29, 1.82) is 0 Å². The van der Waals surface area contributed by atoms with E-state index in [1.807, 2.05) is 0 Å². The Morgan fingerprint density at radius 1 is 1.59 bits per heavy atom. The molecule has 2 rings (SSSR count). The van der Waals surface area contributed by atoms with Gasteiger partial charge in [0.05, 0.1) is 11.9 Å². The molecule has 0 fully saturated rings. The summed E-state index contributed by atoms with van der Waals surface area (Å²) >= 11 is 0. The van der Waals surface area contributed by atoms with E-state index in [0.717, 1.165) is 0 Å². The first-order valence-corrected chi connectivity index (χ1v) is 6.46. The van der Waals surface area contributed by atoms with Gasteiger partial charge in [-0.2, -0.15) is 15.4 Å². The van der Waals surface area contributed by atoms with Gasteiger partial charge in [-0.1, -0.05) is 5.16 Å². The number of aromatic nitrogens is 3. The first kappa shape index (κ1) is 12.0. The molecule has 0 aliphatic carbocycles. The lowest BCUT2D eigenvalue weighted by Crippen LogP contribution is -2.37. The van der Waals surface area contributed by atoms with Crippen molar-refractivity contribution in [2.24, 2.45) is 5.16 Å². The van der Waals surface area contributed by atoms with E-state index in [1.54, 1.807) is 0 Å². The number of halogens is 1. The number of aromatic amines is 1. The van der Waals surface area contributed by atoms with Gasteiger partial charge in [0, 0.05) is 0 Å². The summed E-state index contributed by atoms with van der Waals surface area (Å²) in [5.74, 6) is -0.456. The molecule has 1 aliphatic heterocycles. The van der Waals surface area contributed by atoms with Gasteiger partial charge in [-0.05, 0) is 13.8 Å². The highest BCUT2D eigenvalue weighted by Crippen LogP contribution is 2.29. The third-order valence-corrected chi connectivity index (χ3v) is 3.91. The summed E-state index contributed by atoms with van der Waals surface area (Å²) in [6.07, 6.45) is -0.522. The summed E-state index contributed by atoms with van der Waals surface area (Å²) in [6, 6.07) is 0. The van der Waals surface area contributed by atoms with Gasteiger partial charge < -0.3 is 4.84 Å². The molecule has 94 valence electrons. The smallest absolute Gasteiger partial charge is 0.210 e. The summed E-state index contributed by atoms with van der Waals surface area (Å²) < 4.78 is 37.5. The highest BCUT2D eigenvalue weighted by Gasteiger charge is 2.47. The lowest BCUT2D eigenvalue weighted by Gasteiger charge is -2.17. The number of alkyl halides is 1. The minimum absolute atomic E-state index is 0.199. The van der Waals surface area contributed by atoms with Crippen molar-refractivity contribution in [1.82, 2.24) is 15.4 Å². The molecule has 9 heteroatoms. The normalized spacial score (nSPS) is 23.2. The molecular weight excluding hydrogens is 251 g/mol. The van der Waals surface area contributed by atoms with E-state index < -0.39 is 32.4 Å². The van der Waals surface area contributed by atoms with Crippen LogP contribution < -0.4 is 0 Å². The molecule has 0 saturated heterocycles. The molecule has 0 spiro atoms. The summed E-state index contributed by atoms with van der Waals surface area (Å²) in [5, 5.41) is 12.1. The van der Waals surface area contributed by atoms with Crippen LogP contribution in [-0.4, -0.2) is 40.6 Å². The van der Waals surface area contributed by atoms with E-state index in [1.165, 1.54) is 20.0 Å². The predicted octanol–water partition coefficient (Wildman–Crippen LogP) is 0.180. The fourth-order valence-electron chi connectivity index (χ4n) is 1.33. The summed E-state index contributed by atoms with van der Waals surface area (Å²) in [6.45, 7) is 2.86. The lowest BCUT2D eigenvalue weighted by atomic mass is 10.1. The molecule has 1 N–H and O–H groups in total. The summed E-state index contributed by atoms with van der Waals surface area (Å²) in [4.78, 5) is 4.76. The van der Waals surface area contributed by atoms with Crippen LogP contribution in [0.2, 0.25) is 0 Å². The second kappa shape index (κ2) is 3.76. The highest BCUT2D eigenvalue weighted by molar-refractivity contribution is 8.05. The molecule has 0 amide bonds. The number of nitrogens with one attached hydrogen (secondary N) is 1. The maximum atomic E-state index is 13.8. The van der Waals surface area contributed by atoms with Crippen molar-refractivity contribution >= 4 is 14.9 Å². The zero-order valence-corrected chi connectivity index (χ0v) is 10.0. The maximum Gasteiger partial charge on any atom is 0.210 e. The second-order valence-corrected chi connectivity index (χ2v) is 6.14. The monoisotopic (exact) mass is 262 g/mol. The molecule has 1 atom stereocenters. The van der Waals surface area contributed by atoms with Crippen LogP contribution in [0.25, 0.3) is 0 Å². The standard InChI is InChI=1S/C8H11FN4O3S/c1-8(2)6(9)7(12-16-8)17(14,15)4-5-3-10-13-11-5/h3,6H,4H2,1-2H3,(H,10,11,13). The number of nitrogens with zero attached hydrogens (tertiary/aromatic N) is 3.